The predicted molar refractivity (Wildman–Crippen MR) is 93.6 cm³/mol. The Kier molecular flexibility index (Phi) is 5.60. The molecule has 2 atom stereocenters. The Morgan fingerprint density at radius 3 is 2.56 bits per heavy atom. The number of methoxy groups -OCH3 is 1. The SMILES string of the molecule is COc1ccc(-c2nnc(SCC(=O)N3CC(C)OC(C)C3)o2)cc1. The van der Waals surface area contributed by atoms with Crippen LogP contribution in [0, 0.1) is 0 Å². The monoisotopic (exact) mass is 363 g/mol. The second kappa shape index (κ2) is 7.88. The summed E-state index contributed by atoms with van der Waals surface area (Å²) in [7, 11) is 1.61. The number of carbonyl (C=O) groups excluding carboxylic acids is 1. The molecule has 1 fully saturated rings. The molecule has 3 rings (SSSR count). The van der Waals surface area contributed by atoms with E-state index in [2.05, 4.69) is 10.2 Å². The minimum atomic E-state index is 0.0520. The highest BCUT2D eigenvalue weighted by atomic mass is 32.2. The van der Waals surface area contributed by atoms with Gasteiger partial charge in [-0.2, -0.15) is 0 Å². The van der Waals surface area contributed by atoms with E-state index >= 15 is 0 Å². The molecule has 2 heterocycles. The zero-order chi connectivity index (χ0) is 17.8. The molecule has 0 radical (unpaired) electrons. The quantitative estimate of drug-likeness (QED) is 0.755. The van der Waals surface area contributed by atoms with E-state index in [-0.39, 0.29) is 23.9 Å². The lowest BCUT2D eigenvalue weighted by atomic mass is 10.2. The van der Waals surface area contributed by atoms with E-state index in [1.54, 1.807) is 7.11 Å². The topological polar surface area (TPSA) is 77.7 Å². The van der Waals surface area contributed by atoms with Crippen LogP contribution in [-0.2, 0) is 9.53 Å². The summed E-state index contributed by atoms with van der Waals surface area (Å²) in [4.78, 5) is 14.2. The molecule has 1 aliphatic rings. The molecule has 0 N–H and O–H groups in total. The molecule has 1 aliphatic heterocycles. The minimum absolute atomic E-state index is 0.0520. The average molecular weight is 363 g/mol. The third-order valence-corrected chi connectivity index (χ3v) is 4.64. The summed E-state index contributed by atoms with van der Waals surface area (Å²) in [6.07, 6.45) is 0.116. The van der Waals surface area contributed by atoms with E-state index in [4.69, 9.17) is 13.9 Å². The van der Waals surface area contributed by atoms with Crippen molar-refractivity contribution >= 4 is 17.7 Å². The predicted octanol–water partition coefficient (Wildman–Crippen LogP) is 2.47. The lowest BCUT2D eigenvalue weighted by Crippen LogP contribution is -2.48. The van der Waals surface area contributed by atoms with Crippen LogP contribution in [0.15, 0.2) is 33.9 Å². The highest BCUT2D eigenvalue weighted by Crippen LogP contribution is 2.25. The standard InChI is InChI=1S/C17H21N3O4S/c1-11-8-20(9-12(2)23-11)15(21)10-25-17-19-18-16(24-17)13-4-6-14(22-3)7-5-13/h4-7,11-12H,8-10H2,1-3H3. The Labute approximate surface area is 150 Å². The molecular formula is C17H21N3O4S. The van der Waals surface area contributed by atoms with Crippen molar-refractivity contribution in [1.29, 1.82) is 0 Å². The summed E-state index contributed by atoms with van der Waals surface area (Å²) in [6, 6.07) is 7.36. The minimum Gasteiger partial charge on any atom is -0.497 e. The first-order chi connectivity index (χ1) is 12.0. The Morgan fingerprint density at radius 1 is 1.24 bits per heavy atom. The van der Waals surface area contributed by atoms with Gasteiger partial charge in [0.1, 0.15) is 5.75 Å². The van der Waals surface area contributed by atoms with Gasteiger partial charge in [0.25, 0.3) is 5.22 Å². The lowest BCUT2D eigenvalue weighted by Gasteiger charge is -2.35. The maximum atomic E-state index is 12.4. The normalized spacial score (nSPS) is 20.5. The van der Waals surface area contributed by atoms with E-state index in [9.17, 15) is 4.79 Å². The van der Waals surface area contributed by atoms with Gasteiger partial charge in [-0.3, -0.25) is 4.79 Å². The lowest BCUT2D eigenvalue weighted by molar-refractivity contribution is -0.140. The van der Waals surface area contributed by atoms with Gasteiger partial charge in [-0.25, -0.2) is 0 Å². The van der Waals surface area contributed by atoms with Gasteiger partial charge >= 0.3 is 0 Å². The molecule has 2 unspecified atom stereocenters. The molecule has 1 aromatic carbocycles. The van der Waals surface area contributed by atoms with Gasteiger partial charge in [0.05, 0.1) is 25.1 Å². The molecule has 134 valence electrons. The number of morpholine rings is 1. The smallest absolute Gasteiger partial charge is 0.277 e. The van der Waals surface area contributed by atoms with Crippen LogP contribution < -0.4 is 4.74 Å². The molecule has 7 nitrogen and oxygen atoms in total. The first kappa shape index (κ1) is 17.8. The summed E-state index contributed by atoms with van der Waals surface area (Å²) in [5.41, 5.74) is 0.808. The van der Waals surface area contributed by atoms with Gasteiger partial charge < -0.3 is 18.8 Å². The van der Waals surface area contributed by atoms with Crippen LogP contribution in [0.5, 0.6) is 5.75 Å². The molecule has 8 heteroatoms. The van der Waals surface area contributed by atoms with E-state index in [0.29, 0.717) is 24.2 Å². The molecule has 0 saturated carbocycles. The molecule has 1 amide bonds. The van der Waals surface area contributed by atoms with Crippen molar-refractivity contribution in [2.24, 2.45) is 0 Å². The third kappa shape index (κ3) is 4.52. The number of hydrogen-bond acceptors (Lipinski definition) is 7. The zero-order valence-electron chi connectivity index (χ0n) is 14.5. The second-order valence-corrected chi connectivity index (χ2v) is 6.87. The Balaban J connectivity index is 1.57. The molecule has 0 aliphatic carbocycles. The highest BCUT2D eigenvalue weighted by molar-refractivity contribution is 7.99. The number of thioether (sulfide) groups is 1. The van der Waals surface area contributed by atoms with Crippen LogP contribution in [-0.4, -0.2) is 59.2 Å². The van der Waals surface area contributed by atoms with Crippen molar-refractivity contribution in [1.82, 2.24) is 15.1 Å². The Morgan fingerprint density at radius 2 is 1.92 bits per heavy atom. The van der Waals surface area contributed by atoms with Crippen LogP contribution in [0.2, 0.25) is 0 Å². The van der Waals surface area contributed by atoms with Crippen molar-refractivity contribution in [3.8, 4) is 17.2 Å². The zero-order valence-corrected chi connectivity index (χ0v) is 15.3. The van der Waals surface area contributed by atoms with Gasteiger partial charge in [0, 0.05) is 18.7 Å². The van der Waals surface area contributed by atoms with E-state index in [1.807, 2.05) is 43.0 Å². The molecule has 1 saturated heterocycles. The van der Waals surface area contributed by atoms with E-state index in [1.165, 1.54) is 11.8 Å². The summed E-state index contributed by atoms with van der Waals surface area (Å²) < 4.78 is 16.4. The number of benzene rings is 1. The highest BCUT2D eigenvalue weighted by Gasteiger charge is 2.26. The van der Waals surface area contributed by atoms with Crippen LogP contribution >= 0.6 is 11.8 Å². The largest absolute Gasteiger partial charge is 0.497 e. The first-order valence-corrected chi connectivity index (χ1v) is 9.07. The van der Waals surface area contributed by atoms with Crippen molar-refractivity contribution in [3.05, 3.63) is 24.3 Å². The fourth-order valence-electron chi connectivity index (χ4n) is 2.71. The molecule has 2 aromatic rings. The molecule has 0 spiro atoms. The Bertz CT molecular complexity index is 709. The number of aromatic nitrogens is 2. The molecule has 0 bridgehead atoms. The fraction of sp³-hybridized carbons (Fsp3) is 0.471. The number of carbonyl (C=O) groups is 1. The molecule has 25 heavy (non-hydrogen) atoms. The van der Waals surface area contributed by atoms with Crippen molar-refractivity contribution in [3.63, 3.8) is 0 Å². The van der Waals surface area contributed by atoms with Gasteiger partial charge in [-0.15, -0.1) is 10.2 Å². The second-order valence-electron chi connectivity index (χ2n) is 5.95. The molecule has 1 aromatic heterocycles. The van der Waals surface area contributed by atoms with Gasteiger partial charge in [-0.05, 0) is 38.1 Å². The Hall–Kier alpha value is -2.06. The van der Waals surface area contributed by atoms with Crippen LogP contribution in [0.4, 0.5) is 0 Å². The van der Waals surface area contributed by atoms with Gasteiger partial charge in [0.2, 0.25) is 11.8 Å². The summed E-state index contributed by atoms with van der Waals surface area (Å²) >= 11 is 1.25. The average Bonchev–Trinajstić information content (AvgIpc) is 3.08. The number of hydrogen-bond donors (Lipinski definition) is 0. The van der Waals surface area contributed by atoms with Crippen LogP contribution in [0.3, 0.4) is 0 Å². The van der Waals surface area contributed by atoms with Crippen molar-refractivity contribution < 1.29 is 18.7 Å². The van der Waals surface area contributed by atoms with Crippen LogP contribution in [0.1, 0.15) is 13.8 Å². The number of rotatable bonds is 5. The number of amides is 1. The maximum absolute atomic E-state index is 12.4. The number of ether oxygens (including phenoxy) is 2. The van der Waals surface area contributed by atoms with Gasteiger partial charge in [-0.1, -0.05) is 11.8 Å². The summed E-state index contributed by atoms with van der Waals surface area (Å²) in [5.74, 6) is 1.50. The van der Waals surface area contributed by atoms with Crippen LogP contribution in [0.25, 0.3) is 11.5 Å². The van der Waals surface area contributed by atoms with Crippen molar-refractivity contribution in [2.75, 3.05) is 26.0 Å². The van der Waals surface area contributed by atoms with E-state index in [0.717, 1.165) is 11.3 Å². The van der Waals surface area contributed by atoms with Gasteiger partial charge in [0.15, 0.2) is 0 Å². The molecular weight excluding hydrogens is 342 g/mol. The maximum Gasteiger partial charge on any atom is 0.277 e. The third-order valence-electron chi connectivity index (χ3n) is 3.83. The fourth-order valence-corrected chi connectivity index (χ4v) is 3.38. The van der Waals surface area contributed by atoms with E-state index < -0.39 is 0 Å². The summed E-state index contributed by atoms with van der Waals surface area (Å²) in [5, 5.41) is 8.42. The first-order valence-electron chi connectivity index (χ1n) is 8.09. The summed E-state index contributed by atoms with van der Waals surface area (Å²) in [6.45, 7) is 5.18. The number of nitrogens with zero attached hydrogens (tertiary/aromatic N) is 3. The van der Waals surface area contributed by atoms with Crippen molar-refractivity contribution in [2.45, 2.75) is 31.3 Å².